The Bertz CT molecular complexity index is 685. The number of aromatic nitrogens is 6. The zero-order valence-electron chi connectivity index (χ0n) is 13.8. The third-order valence-corrected chi connectivity index (χ3v) is 5.10. The van der Waals surface area contributed by atoms with Crippen LogP contribution in [0.3, 0.4) is 0 Å². The van der Waals surface area contributed by atoms with Gasteiger partial charge < -0.3 is 9.47 Å². The predicted molar refractivity (Wildman–Crippen MR) is 86.2 cm³/mol. The second-order valence-electron chi connectivity index (χ2n) is 6.65. The van der Waals surface area contributed by atoms with Crippen molar-refractivity contribution in [2.24, 2.45) is 0 Å². The first-order valence-electron chi connectivity index (χ1n) is 8.83. The predicted octanol–water partition coefficient (Wildman–Crippen LogP) is 1.00. The summed E-state index contributed by atoms with van der Waals surface area (Å²) in [7, 11) is 0. The van der Waals surface area contributed by atoms with E-state index in [2.05, 4.69) is 24.8 Å². The third kappa shape index (κ3) is 3.05. The molecule has 2 aliphatic rings. The smallest absolute Gasteiger partial charge is 0.222 e. The Morgan fingerprint density at radius 1 is 1.21 bits per heavy atom. The zero-order valence-corrected chi connectivity index (χ0v) is 13.8. The van der Waals surface area contributed by atoms with E-state index in [1.165, 1.54) is 12.7 Å². The summed E-state index contributed by atoms with van der Waals surface area (Å²) >= 11 is 0. The van der Waals surface area contributed by atoms with Gasteiger partial charge in [0.25, 0.3) is 0 Å². The van der Waals surface area contributed by atoms with Crippen LogP contribution in [0.15, 0.2) is 12.7 Å². The molecule has 24 heavy (non-hydrogen) atoms. The van der Waals surface area contributed by atoms with E-state index in [0.29, 0.717) is 12.3 Å². The van der Waals surface area contributed by atoms with Crippen LogP contribution >= 0.6 is 0 Å². The maximum atomic E-state index is 12.4. The van der Waals surface area contributed by atoms with Gasteiger partial charge in [-0.15, -0.1) is 10.2 Å². The van der Waals surface area contributed by atoms with Crippen LogP contribution in [0.25, 0.3) is 0 Å². The van der Waals surface area contributed by atoms with Gasteiger partial charge in [-0.1, -0.05) is 0 Å². The van der Waals surface area contributed by atoms with Gasteiger partial charge in [-0.3, -0.25) is 9.48 Å². The van der Waals surface area contributed by atoms with Crippen LogP contribution in [0.1, 0.15) is 49.7 Å². The third-order valence-electron chi connectivity index (χ3n) is 5.10. The van der Waals surface area contributed by atoms with Crippen LogP contribution in [0.2, 0.25) is 0 Å². The van der Waals surface area contributed by atoms with E-state index in [4.69, 9.17) is 0 Å². The zero-order chi connectivity index (χ0) is 16.4. The quantitative estimate of drug-likeness (QED) is 0.817. The molecule has 1 fully saturated rings. The molecule has 2 aromatic rings. The van der Waals surface area contributed by atoms with Crippen LogP contribution in [0, 0.1) is 0 Å². The number of fused-ring (bicyclic) bond motifs is 1. The summed E-state index contributed by atoms with van der Waals surface area (Å²) in [6.07, 6.45) is 8.81. The van der Waals surface area contributed by atoms with Crippen LogP contribution < -0.4 is 0 Å². The van der Waals surface area contributed by atoms with Gasteiger partial charge >= 0.3 is 0 Å². The Hall–Kier alpha value is -2.25. The highest BCUT2D eigenvalue weighted by Crippen LogP contribution is 2.29. The highest BCUT2D eigenvalue weighted by Gasteiger charge is 2.29. The fourth-order valence-corrected chi connectivity index (χ4v) is 3.76. The summed E-state index contributed by atoms with van der Waals surface area (Å²) in [5.74, 6) is 2.97. The highest BCUT2D eigenvalue weighted by molar-refractivity contribution is 5.76. The molecule has 2 aliphatic heterocycles. The Balaban J connectivity index is 1.25. The van der Waals surface area contributed by atoms with E-state index in [-0.39, 0.29) is 5.91 Å². The molecule has 0 spiro atoms. The Kier molecular flexibility index (Phi) is 4.27. The molecule has 0 radical (unpaired) electrons. The van der Waals surface area contributed by atoms with Gasteiger partial charge in [0.1, 0.15) is 24.3 Å². The normalized spacial score (nSPS) is 18.1. The number of hydrogen-bond acceptors (Lipinski definition) is 5. The Morgan fingerprint density at radius 2 is 2.08 bits per heavy atom. The fraction of sp³-hybridized carbons (Fsp3) is 0.688. The second kappa shape index (κ2) is 6.70. The number of carbonyl (C=O) groups excluding carboxylic acids is 1. The van der Waals surface area contributed by atoms with E-state index in [1.807, 2.05) is 4.90 Å². The van der Waals surface area contributed by atoms with E-state index in [0.717, 1.165) is 63.5 Å². The maximum absolute atomic E-state index is 12.4. The molecule has 1 saturated heterocycles. The number of piperidine rings is 1. The number of hydrogen-bond donors (Lipinski definition) is 0. The molecule has 2 aromatic heterocycles. The summed E-state index contributed by atoms with van der Waals surface area (Å²) < 4.78 is 4.06. The standard InChI is InChI=1S/C16H23N7O/c24-15(4-2-7-22-12-17-11-18-22)21-9-5-13(6-10-21)16-20-19-14-3-1-8-23(14)16/h11-13H,1-10H2. The van der Waals surface area contributed by atoms with Crippen LogP contribution in [-0.4, -0.2) is 53.4 Å². The molecule has 0 bridgehead atoms. The number of carbonyl (C=O) groups is 1. The molecule has 8 nitrogen and oxygen atoms in total. The van der Waals surface area contributed by atoms with Gasteiger partial charge in [0.05, 0.1) is 0 Å². The van der Waals surface area contributed by atoms with Crippen molar-refractivity contribution in [3.63, 3.8) is 0 Å². The van der Waals surface area contributed by atoms with Gasteiger partial charge in [-0.25, -0.2) is 4.98 Å². The molecule has 8 heteroatoms. The molecule has 4 rings (SSSR count). The van der Waals surface area contributed by atoms with Gasteiger partial charge in [0.15, 0.2) is 0 Å². The van der Waals surface area contributed by atoms with Crippen molar-refractivity contribution in [2.75, 3.05) is 13.1 Å². The van der Waals surface area contributed by atoms with Crippen molar-refractivity contribution >= 4 is 5.91 Å². The van der Waals surface area contributed by atoms with E-state index >= 15 is 0 Å². The van der Waals surface area contributed by atoms with E-state index < -0.39 is 0 Å². The minimum atomic E-state index is 0.250. The average molecular weight is 329 g/mol. The molecule has 0 N–H and O–H groups in total. The lowest BCUT2D eigenvalue weighted by atomic mass is 9.95. The van der Waals surface area contributed by atoms with Gasteiger partial charge in [-0.05, 0) is 25.7 Å². The highest BCUT2D eigenvalue weighted by atomic mass is 16.2. The molecule has 0 unspecified atom stereocenters. The van der Waals surface area contributed by atoms with Crippen molar-refractivity contribution in [1.29, 1.82) is 0 Å². The van der Waals surface area contributed by atoms with Crippen LogP contribution in [-0.2, 0) is 24.3 Å². The number of nitrogens with zero attached hydrogens (tertiary/aromatic N) is 7. The largest absolute Gasteiger partial charge is 0.343 e. The summed E-state index contributed by atoms with van der Waals surface area (Å²) in [4.78, 5) is 18.3. The molecular formula is C16H23N7O. The second-order valence-corrected chi connectivity index (χ2v) is 6.65. The van der Waals surface area contributed by atoms with Crippen molar-refractivity contribution in [3.8, 4) is 0 Å². The number of likely N-dealkylation sites (tertiary alicyclic amines) is 1. The van der Waals surface area contributed by atoms with Crippen molar-refractivity contribution in [3.05, 3.63) is 24.3 Å². The minimum Gasteiger partial charge on any atom is -0.343 e. The molecule has 0 aliphatic carbocycles. The Morgan fingerprint density at radius 3 is 2.88 bits per heavy atom. The number of rotatable bonds is 5. The SMILES string of the molecule is O=C(CCCn1cncn1)N1CCC(c2nnc3n2CCC3)CC1. The van der Waals surface area contributed by atoms with Gasteiger partial charge in [-0.2, -0.15) is 5.10 Å². The minimum absolute atomic E-state index is 0.250. The van der Waals surface area contributed by atoms with E-state index in [1.54, 1.807) is 11.0 Å². The van der Waals surface area contributed by atoms with Crippen LogP contribution in [0.4, 0.5) is 0 Å². The average Bonchev–Trinajstić information content (AvgIpc) is 3.33. The molecule has 128 valence electrons. The summed E-state index contributed by atoms with van der Waals surface area (Å²) in [6, 6.07) is 0. The number of aryl methyl sites for hydroxylation is 2. The summed E-state index contributed by atoms with van der Waals surface area (Å²) in [6.45, 7) is 3.46. The molecule has 0 saturated carbocycles. The van der Waals surface area contributed by atoms with E-state index in [9.17, 15) is 4.79 Å². The monoisotopic (exact) mass is 329 g/mol. The summed E-state index contributed by atoms with van der Waals surface area (Å²) in [5, 5.41) is 12.8. The van der Waals surface area contributed by atoms with Gasteiger partial charge in [0.2, 0.25) is 5.91 Å². The molecule has 0 aromatic carbocycles. The maximum Gasteiger partial charge on any atom is 0.222 e. The first-order valence-corrected chi connectivity index (χ1v) is 8.83. The molecule has 0 atom stereocenters. The molecule has 1 amide bonds. The summed E-state index contributed by atoms with van der Waals surface area (Å²) in [5.41, 5.74) is 0. The lowest BCUT2D eigenvalue weighted by molar-refractivity contribution is -0.132. The molecular weight excluding hydrogens is 306 g/mol. The first kappa shape index (κ1) is 15.3. The lowest BCUT2D eigenvalue weighted by Crippen LogP contribution is -2.38. The van der Waals surface area contributed by atoms with Crippen LogP contribution in [0.5, 0.6) is 0 Å². The topological polar surface area (TPSA) is 81.7 Å². The first-order chi connectivity index (χ1) is 11.8. The van der Waals surface area contributed by atoms with Crippen molar-refractivity contribution < 1.29 is 4.79 Å². The number of amides is 1. The lowest BCUT2D eigenvalue weighted by Gasteiger charge is -2.31. The van der Waals surface area contributed by atoms with Crippen molar-refractivity contribution in [1.82, 2.24) is 34.4 Å². The van der Waals surface area contributed by atoms with Gasteiger partial charge in [0, 0.05) is 44.9 Å². The fourth-order valence-electron chi connectivity index (χ4n) is 3.76. The Labute approximate surface area is 140 Å². The molecule has 4 heterocycles. The van der Waals surface area contributed by atoms with Crippen molar-refractivity contribution in [2.45, 2.75) is 57.5 Å².